The standard InChI is InChI=1S/C19H23N5OS/c1-3-4-7-16-22-14(2)17(26-16)19(25)24-11-9-23(10-12-24)18-15(13-20)6-5-8-21-18/h5-6,8H,3-4,7,9-12H2,1-2H3. The van der Waals surface area contributed by atoms with Gasteiger partial charge in [-0.1, -0.05) is 13.3 Å². The van der Waals surface area contributed by atoms with Crippen LogP contribution < -0.4 is 4.90 Å². The van der Waals surface area contributed by atoms with E-state index in [0.29, 0.717) is 37.6 Å². The maximum atomic E-state index is 12.9. The molecule has 3 rings (SSSR count). The summed E-state index contributed by atoms with van der Waals surface area (Å²) in [6, 6.07) is 5.73. The molecule has 0 radical (unpaired) electrons. The van der Waals surface area contributed by atoms with Crippen molar-refractivity contribution in [2.24, 2.45) is 0 Å². The van der Waals surface area contributed by atoms with Gasteiger partial charge in [0, 0.05) is 32.4 Å². The fourth-order valence-corrected chi connectivity index (χ4v) is 4.16. The molecule has 0 aromatic carbocycles. The van der Waals surface area contributed by atoms with Crippen LogP contribution in [-0.4, -0.2) is 47.0 Å². The van der Waals surface area contributed by atoms with Crippen LogP contribution in [0.1, 0.15) is 45.7 Å². The van der Waals surface area contributed by atoms with E-state index in [0.717, 1.165) is 34.8 Å². The number of unbranched alkanes of at least 4 members (excludes halogenated alkanes) is 1. The molecule has 1 saturated heterocycles. The van der Waals surface area contributed by atoms with Crippen molar-refractivity contribution in [3.05, 3.63) is 39.5 Å². The van der Waals surface area contributed by atoms with Crippen molar-refractivity contribution in [2.45, 2.75) is 33.1 Å². The second-order valence-electron chi connectivity index (χ2n) is 6.39. The Hall–Kier alpha value is -2.46. The highest BCUT2D eigenvalue weighted by Gasteiger charge is 2.26. The number of hydrogen-bond acceptors (Lipinski definition) is 6. The summed E-state index contributed by atoms with van der Waals surface area (Å²) in [7, 11) is 0. The Balaban J connectivity index is 1.65. The van der Waals surface area contributed by atoms with Crippen molar-refractivity contribution in [1.29, 1.82) is 5.26 Å². The van der Waals surface area contributed by atoms with Gasteiger partial charge in [0.05, 0.1) is 16.3 Å². The second-order valence-corrected chi connectivity index (χ2v) is 7.47. The van der Waals surface area contributed by atoms with Crippen molar-refractivity contribution < 1.29 is 4.79 Å². The lowest BCUT2D eigenvalue weighted by Gasteiger charge is -2.35. The lowest BCUT2D eigenvalue weighted by atomic mass is 10.2. The fraction of sp³-hybridized carbons (Fsp3) is 0.474. The summed E-state index contributed by atoms with van der Waals surface area (Å²) in [6.45, 7) is 6.69. The van der Waals surface area contributed by atoms with Gasteiger partial charge in [0.15, 0.2) is 0 Å². The third kappa shape index (κ3) is 3.86. The van der Waals surface area contributed by atoms with Crippen LogP contribution in [0.4, 0.5) is 5.82 Å². The van der Waals surface area contributed by atoms with Crippen molar-refractivity contribution >= 4 is 23.1 Å². The maximum Gasteiger partial charge on any atom is 0.265 e. The van der Waals surface area contributed by atoms with Crippen molar-refractivity contribution in [2.75, 3.05) is 31.1 Å². The maximum absolute atomic E-state index is 12.9. The van der Waals surface area contributed by atoms with E-state index in [9.17, 15) is 10.1 Å². The van der Waals surface area contributed by atoms with Gasteiger partial charge in [-0.3, -0.25) is 4.79 Å². The molecule has 0 N–H and O–H groups in total. The molecular weight excluding hydrogens is 346 g/mol. The molecule has 0 unspecified atom stereocenters. The topological polar surface area (TPSA) is 73.1 Å². The summed E-state index contributed by atoms with van der Waals surface area (Å²) in [6.07, 6.45) is 4.87. The van der Waals surface area contributed by atoms with Crippen molar-refractivity contribution in [3.8, 4) is 6.07 Å². The number of anilines is 1. The molecule has 0 spiro atoms. The first-order chi connectivity index (χ1) is 12.6. The Kier molecular flexibility index (Phi) is 5.84. The minimum atomic E-state index is 0.0731. The minimum Gasteiger partial charge on any atom is -0.352 e. The number of hydrogen-bond donors (Lipinski definition) is 0. The summed E-state index contributed by atoms with van der Waals surface area (Å²) in [5, 5.41) is 10.3. The van der Waals surface area contributed by atoms with E-state index in [1.54, 1.807) is 18.3 Å². The number of carbonyl (C=O) groups is 1. The molecule has 136 valence electrons. The Bertz CT molecular complexity index is 818. The zero-order valence-corrected chi connectivity index (χ0v) is 16.1. The van der Waals surface area contributed by atoms with E-state index in [1.807, 2.05) is 11.8 Å². The molecular formula is C19H23N5OS. The molecule has 7 heteroatoms. The van der Waals surface area contributed by atoms with Crippen LogP contribution in [0.2, 0.25) is 0 Å². The fourth-order valence-electron chi connectivity index (χ4n) is 3.09. The largest absolute Gasteiger partial charge is 0.352 e. The average molecular weight is 369 g/mol. The Morgan fingerprint density at radius 2 is 2.12 bits per heavy atom. The summed E-state index contributed by atoms with van der Waals surface area (Å²) in [5.41, 5.74) is 1.41. The van der Waals surface area contributed by atoms with Gasteiger partial charge >= 0.3 is 0 Å². The molecule has 1 aliphatic rings. The van der Waals surface area contributed by atoms with Crippen LogP contribution in [0.15, 0.2) is 18.3 Å². The number of thiazole rings is 1. The van der Waals surface area contributed by atoms with Crippen LogP contribution >= 0.6 is 11.3 Å². The summed E-state index contributed by atoms with van der Waals surface area (Å²) in [5.74, 6) is 0.779. The first-order valence-electron chi connectivity index (χ1n) is 8.99. The molecule has 0 bridgehead atoms. The van der Waals surface area contributed by atoms with Crippen molar-refractivity contribution in [1.82, 2.24) is 14.9 Å². The third-order valence-corrected chi connectivity index (χ3v) is 5.76. The zero-order valence-electron chi connectivity index (χ0n) is 15.2. The molecule has 2 aromatic heterocycles. The van der Waals surface area contributed by atoms with E-state index in [-0.39, 0.29) is 5.91 Å². The smallest absolute Gasteiger partial charge is 0.265 e. The number of nitrogens with zero attached hydrogens (tertiary/aromatic N) is 5. The molecule has 3 heterocycles. The van der Waals surface area contributed by atoms with E-state index in [2.05, 4.69) is 27.9 Å². The van der Waals surface area contributed by atoms with Crippen LogP contribution in [0.25, 0.3) is 0 Å². The van der Waals surface area contributed by atoms with E-state index >= 15 is 0 Å². The Labute approximate surface area is 158 Å². The molecule has 0 atom stereocenters. The van der Waals surface area contributed by atoms with E-state index in [1.165, 1.54) is 11.3 Å². The SMILES string of the molecule is CCCCc1nc(C)c(C(=O)N2CCN(c3ncccc3C#N)CC2)s1. The molecule has 1 amide bonds. The van der Waals surface area contributed by atoms with Gasteiger partial charge in [-0.15, -0.1) is 11.3 Å². The average Bonchev–Trinajstić information content (AvgIpc) is 3.06. The highest BCUT2D eigenvalue weighted by atomic mass is 32.1. The van der Waals surface area contributed by atoms with E-state index in [4.69, 9.17) is 0 Å². The van der Waals surface area contributed by atoms with Crippen LogP contribution in [0.5, 0.6) is 0 Å². The number of pyridine rings is 1. The summed E-state index contributed by atoms with van der Waals surface area (Å²) < 4.78 is 0. The van der Waals surface area contributed by atoms with Gasteiger partial charge in [-0.05, 0) is 31.9 Å². The predicted octanol–water partition coefficient (Wildman–Crippen LogP) is 3.02. The monoisotopic (exact) mass is 369 g/mol. The number of piperazine rings is 1. The molecule has 1 aliphatic heterocycles. The molecule has 0 saturated carbocycles. The number of rotatable bonds is 5. The normalized spacial score (nSPS) is 14.3. The van der Waals surface area contributed by atoms with Gasteiger partial charge in [-0.25, -0.2) is 9.97 Å². The lowest BCUT2D eigenvalue weighted by Crippen LogP contribution is -2.49. The highest BCUT2D eigenvalue weighted by molar-refractivity contribution is 7.13. The zero-order chi connectivity index (χ0) is 18.5. The third-order valence-electron chi connectivity index (χ3n) is 4.55. The van der Waals surface area contributed by atoms with Crippen LogP contribution in [-0.2, 0) is 6.42 Å². The van der Waals surface area contributed by atoms with Crippen LogP contribution in [0, 0.1) is 18.3 Å². The molecule has 0 aliphatic carbocycles. The number of aromatic nitrogens is 2. The lowest BCUT2D eigenvalue weighted by molar-refractivity contribution is 0.0750. The van der Waals surface area contributed by atoms with Gasteiger partial charge in [0.25, 0.3) is 5.91 Å². The van der Waals surface area contributed by atoms with Gasteiger partial charge in [-0.2, -0.15) is 5.26 Å². The first kappa shape index (κ1) is 18.3. The van der Waals surface area contributed by atoms with Crippen molar-refractivity contribution in [3.63, 3.8) is 0 Å². The van der Waals surface area contributed by atoms with Gasteiger partial charge < -0.3 is 9.80 Å². The summed E-state index contributed by atoms with van der Waals surface area (Å²) >= 11 is 1.53. The summed E-state index contributed by atoms with van der Waals surface area (Å²) in [4.78, 5) is 26.5. The number of carbonyl (C=O) groups excluding carboxylic acids is 1. The van der Waals surface area contributed by atoms with Gasteiger partial charge in [0.2, 0.25) is 0 Å². The van der Waals surface area contributed by atoms with Gasteiger partial charge in [0.1, 0.15) is 16.8 Å². The van der Waals surface area contributed by atoms with Crippen LogP contribution in [0.3, 0.4) is 0 Å². The number of aryl methyl sites for hydroxylation is 2. The number of nitriles is 1. The molecule has 1 fully saturated rings. The number of amides is 1. The second kappa shape index (κ2) is 8.28. The first-order valence-corrected chi connectivity index (χ1v) is 9.81. The Morgan fingerprint density at radius 3 is 2.81 bits per heavy atom. The highest BCUT2D eigenvalue weighted by Crippen LogP contribution is 2.23. The van der Waals surface area contributed by atoms with E-state index < -0.39 is 0 Å². The predicted molar refractivity (Wildman–Crippen MR) is 103 cm³/mol. The minimum absolute atomic E-state index is 0.0731. The molecule has 6 nitrogen and oxygen atoms in total. The molecule has 2 aromatic rings. The molecule has 26 heavy (non-hydrogen) atoms. The quantitative estimate of drug-likeness (QED) is 0.810. The Morgan fingerprint density at radius 1 is 1.35 bits per heavy atom.